The van der Waals surface area contributed by atoms with Gasteiger partial charge in [0.05, 0.1) is 40.0 Å². The van der Waals surface area contributed by atoms with Gasteiger partial charge in [0.25, 0.3) is 5.56 Å². The number of carbonyl (C=O) groups excluding carboxylic acids is 1. The lowest BCUT2D eigenvalue weighted by Crippen LogP contribution is -2.39. The van der Waals surface area contributed by atoms with E-state index >= 15 is 0 Å². The first-order valence-corrected chi connectivity index (χ1v) is 13.0. The van der Waals surface area contributed by atoms with Crippen molar-refractivity contribution in [2.75, 3.05) is 20.3 Å². The first kappa shape index (κ1) is 26.4. The normalized spacial score (nSPS) is 15.1. The molecule has 0 bridgehead atoms. The molecule has 2 heterocycles. The molecule has 0 spiro atoms. The van der Waals surface area contributed by atoms with Crippen molar-refractivity contribution in [3.05, 3.63) is 95.6 Å². The lowest BCUT2D eigenvalue weighted by atomic mass is 9.96. The van der Waals surface area contributed by atoms with Crippen LogP contribution in [0.25, 0.3) is 6.08 Å². The Hall–Kier alpha value is -3.63. The summed E-state index contributed by atoms with van der Waals surface area (Å²) in [5.41, 5.74) is 1.84. The number of hydrogen-bond acceptors (Lipinski definition) is 8. The number of hydrogen-bond donors (Lipinski definition) is 1. The maximum Gasteiger partial charge on any atom is 0.338 e. The van der Waals surface area contributed by atoms with Crippen molar-refractivity contribution < 1.29 is 24.1 Å². The number of esters is 1. The van der Waals surface area contributed by atoms with Crippen LogP contribution in [-0.4, -0.2) is 36.0 Å². The summed E-state index contributed by atoms with van der Waals surface area (Å²) in [6, 6.07) is 9.80. The monoisotopic (exact) mass is 584 g/mol. The molecule has 0 radical (unpaired) electrons. The van der Waals surface area contributed by atoms with Crippen LogP contribution in [0.5, 0.6) is 17.2 Å². The molecule has 3 aromatic rings. The van der Waals surface area contributed by atoms with Crippen molar-refractivity contribution in [1.82, 2.24) is 4.57 Å². The summed E-state index contributed by atoms with van der Waals surface area (Å²) in [5.74, 6) is 0.352. The number of nitrogens with zero attached hydrogens (tertiary/aromatic N) is 2. The molecule has 0 saturated heterocycles. The minimum Gasteiger partial charge on any atom is -0.503 e. The number of phenols is 1. The number of halogens is 1. The van der Waals surface area contributed by atoms with E-state index in [-0.39, 0.29) is 23.7 Å². The number of allylic oxidation sites excluding steroid dienone is 1. The van der Waals surface area contributed by atoms with E-state index < -0.39 is 12.0 Å². The number of phenolic OH excluding ortho intramolecular Hbond substituents is 1. The Kier molecular flexibility index (Phi) is 7.99. The zero-order valence-electron chi connectivity index (χ0n) is 20.5. The Bertz CT molecular complexity index is 1570. The van der Waals surface area contributed by atoms with Crippen LogP contribution in [0.15, 0.2) is 74.6 Å². The van der Waals surface area contributed by atoms with Crippen molar-refractivity contribution in [2.45, 2.75) is 19.9 Å². The minimum atomic E-state index is -0.730. The predicted molar refractivity (Wildman–Crippen MR) is 145 cm³/mol. The minimum absolute atomic E-state index is 0.0312. The van der Waals surface area contributed by atoms with Crippen molar-refractivity contribution in [3.8, 4) is 17.2 Å². The lowest BCUT2D eigenvalue weighted by Gasteiger charge is -2.24. The average molecular weight is 585 g/mol. The molecule has 37 heavy (non-hydrogen) atoms. The number of aromatic hydroxyl groups is 1. The molecule has 192 valence electrons. The van der Waals surface area contributed by atoms with Gasteiger partial charge in [0.15, 0.2) is 16.3 Å². The molecule has 1 aliphatic heterocycles. The Morgan fingerprint density at radius 1 is 1.30 bits per heavy atom. The zero-order valence-corrected chi connectivity index (χ0v) is 22.9. The molecule has 0 fully saturated rings. The van der Waals surface area contributed by atoms with Crippen molar-refractivity contribution >= 4 is 39.3 Å². The number of thiazole rings is 1. The van der Waals surface area contributed by atoms with E-state index in [0.717, 1.165) is 0 Å². The molecule has 1 atom stereocenters. The molecule has 0 unspecified atom stereocenters. The van der Waals surface area contributed by atoms with Crippen LogP contribution in [0, 0.1) is 0 Å². The molecular formula is C27H25BrN2O6S. The van der Waals surface area contributed by atoms with E-state index in [1.807, 2.05) is 12.1 Å². The fourth-order valence-electron chi connectivity index (χ4n) is 3.99. The summed E-state index contributed by atoms with van der Waals surface area (Å²) in [5, 5.41) is 10.1. The maximum absolute atomic E-state index is 13.7. The smallest absolute Gasteiger partial charge is 0.338 e. The summed E-state index contributed by atoms with van der Waals surface area (Å²) in [6.45, 7) is 7.67. The highest BCUT2D eigenvalue weighted by molar-refractivity contribution is 9.10. The second kappa shape index (κ2) is 11.2. The van der Waals surface area contributed by atoms with Crippen LogP contribution < -0.4 is 24.4 Å². The van der Waals surface area contributed by atoms with Crippen LogP contribution in [0.4, 0.5) is 0 Å². The summed E-state index contributed by atoms with van der Waals surface area (Å²) in [4.78, 5) is 31.8. The van der Waals surface area contributed by atoms with E-state index in [4.69, 9.17) is 14.2 Å². The van der Waals surface area contributed by atoms with Gasteiger partial charge in [0.2, 0.25) is 0 Å². The molecule has 10 heteroatoms. The molecule has 0 aliphatic carbocycles. The summed E-state index contributed by atoms with van der Waals surface area (Å²) < 4.78 is 18.5. The molecule has 2 aromatic carbocycles. The van der Waals surface area contributed by atoms with Crippen LogP contribution in [0.1, 0.15) is 31.0 Å². The third-order valence-corrected chi connectivity index (χ3v) is 7.24. The highest BCUT2D eigenvalue weighted by Crippen LogP contribution is 2.35. The molecule has 0 saturated carbocycles. The van der Waals surface area contributed by atoms with Crippen molar-refractivity contribution in [1.29, 1.82) is 0 Å². The fraction of sp³-hybridized carbons (Fsp3) is 0.222. The quantitative estimate of drug-likeness (QED) is 0.319. The van der Waals surface area contributed by atoms with Gasteiger partial charge >= 0.3 is 5.97 Å². The standard InChI is InChI=1S/C27H25BrN2O6S/c1-5-11-36-18-9-7-17(8-10-18)23-22(26(33)35-6-2)15(3)29-27-30(23)25(32)21(37-27)14-16-12-19(28)24(31)20(13-16)34-4/h5,7-10,12-14,23,31H,1,6,11H2,2-4H3/t23-/m1/s1. The van der Waals surface area contributed by atoms with Gasteiger partial charge < -0.3 is 19.3 Å². The molecule has 8 nitrogen and oxygen atoms in total. The van der Waals surface area contributed by atoms with Gasteiger partial charge in [-0.3, -0.25) is 9.36 Å². The fourth-order valence-corrected chi connectivity index (χ4v) is 5.50. The largest absolute Gasteiger partial charge is 0.503 e. The first-order chi connectivity index (χ1) is 17.8. The number of fused-ring (bicyclic) bond motifs is 1. The number of methoxy groups -OCH3 is 1. The van der Waals surface area contributed by atoms with E-state index in [2.05, 4.69) is 27.5 Å². The maximum atomic E-state index is 13.7. The van der Waals surface area contributed by atoms with E-state index in [1.165, 1.54) is 23.0 Å². The van der Waals surface area contributed by atoms with Gasteiger partial charge in [-0.05, 0) is 71.2 Å². The Morgan fingerprint density at radius 2 is 2.03 bits per heavy atom. The summed E-state index contributed by atoms with van der Waals surface area (Å²) >= 11 is 4.52. The third kappa shape index (κ3) is 5.26. The Balaban J connectivity index is 1.90. The SMILES string of the molecule is C=CCOc1ccc([C@@H]2C(C(=O)OCC)=C(C)N=c3sc(=Cc4cc(Br)c(O)c(OC)c4)c(=O)n32)cc1. The number of ether oxygens (including phenoxy) is 3. The van der Waals surface area contributed by atoms with Crippen LogP contribution >= 0.6 is 27.3 Å². The number of carbonyl (C=O) groups is 1. The zero-order chi connectivity index (χ0) is 26.7. The molecule has 1 aliphatic rings. The second-order valence-electron chi connectivity index (χ2n) is 8.02. The predicted octanol–water partition coefficient (Wildman–Crippen LogP) is 3.84. The molecule has 1 N–H and O–H groups in total. The topological polar surface area (TPSA) is 99.4 Å². The van der Waals surface area contributed by atoms with E-state index in [0.29, 0.717) is 48.6 Å². The lowest BCUT2D eigenvalue weighted by molar-refractivity contribution is -0.139. The van der Waals surface area contributed by atoms with Crippen molar-refractivity contribution in [3.63, 3.8) is 0 Å². The van der Waals surface area contributed by atoms with Crippen LogP contribution in [-0.2, 0) is 9.53 Å². The highest BCUT2D eigenvalue weighted by atomic mass is 79.9. The average Bonchev–Trinajstić information content (AvgIpc) is 3.18. The van der Waals surface area contributed by atoms with Gasteiger partial charge in [0.1, 0.15) is 12.4 Å². The number of aromatic nitrogens is 1. The summed E-state index contributed by atoms with van der Waals surface area (Å²) in [7, 11) is 1.45. The molecule has 0 amide bonds. The van der Waals surface area contributed by atoms with Crippen LogP contribution in [0.3, 0.4) is 0 Å². The Morgan fingerprint density at radius 3 is 2.68 bits per heavy atom. The molecular weight excluding hydrogens is 560 g/mol. The number of rotatable bonds is 8. The third-order valence-electron chi connectivity index (χ3n) is 5.65. The van der Waals surface area contributed by atoms with E-state index in [9.17, 15) is 14.7 Å². The van der Waals surface area contributed by atoms with Crippen molar-refractivity contribution in [2.24, 2.45) is 4.99 Å². The Labute approximate surface area is 225 Å². The second-order valence-corrected chi connectivity index (χ2v) is 9.89. The van der Waals surface area contributed by atoms with Gasteiger partial charge in [-0.25, -0.2) is 9.79 Å². The van der Waals surface area contributed by atoms with Gasteiger partial charge in [0, 0.05) is 0 Å². The van der Waals surface area contributed by atoms with Gasteiger partial charge in [-0.15, -0.1) is 0 Å². The number of benzene rings is 2. The van der Waals surface area contributed by atoms with Gasteiger partial charge in [-0.1, -0.05) is 36.1 Å². The first-order valence-electron chi connectivity index (χ1n) is 11.4. The van der Waals surface area contributed by atoms with E-state index in [1.54, 1.807) is 50.3 Å². The molecule has 1 aromatic heterocycles. The van der Waals surface area contributed by atoms with Crippen LogP contribution in [0.2, 0.25) is 0 Å². The van der Waals surface area contributed by atoms with Gasteiger partial charge in [-0.2, -0.15) is 0 Å². The highest BCUT2D eigenvalue weighted by Gasteiger charge is 2.33. The summed E-state index contributed by atoms with van der Waals surface area (Å²) in [6.07, 6.45) is 3.35. The molecule has 4 rings (SSSR count).